The minimum absolute atomic E-state index is 0.115. The second kappa shape index (κ2) is 6.22. The number of amides is 1. The first-order chi connectivity index (χ1) is 13.5. The van der Waals surface area contributed by atoms with Gasteiger partial charge >= 0.3 is 0 Å². The van der Waals surface area contributed by atoms with E-state index < -0.39 is 0 Å². The van der Waals surface area contributed by atoms with Crippen LogP contribution in [0.5, 0.6) is 0 Å². The van der Waals surface area contributed by atoms with Gasteiger partial charge in [-0.1, -0.05) is 23.7 Å². The van der Waals surface area contributed by atoms with Crippen LogP contribution in [-0.2, 0) is 10.2 Å². The van der Waals surface area contributed by atoms with Crippen LogP contribution in [0.3, 0.4) is 0 Å². The quantitative estimate of drug-likeness (QED) is 0.463. The van der Waals surface area contributed by atoms with Gasteiger partial charge in [0.1, 0.15) is 5.84 Å². The topological polar surface area (TPSA) is 91.3 Å². The largest absolute Gasteiger partial charge is 0.369 e. The van der Waals surface area contributed by atoms with Gasteiger partial charge < -0.3 is 11.1 Å². The van der Waals surface area contributed by atoms with Crippen LogP contribution in [0.15, 0.2) is 29.3 Å². The summed E-state index contributed by atoms with van der Waals surface area (Å²) in [6, 6.07) is 8.17. The van der Waals surface area contributed by atoms with Crippen LogP contribution >= 0.6 is 11.6 Å². The number of hydrogen-bond donors (Lipinski definition) is 2. The van der Waals surface area contributed by atoms with E-state index in [1.807, 2.05) is 30.5 Å². The summed E-state index contributed by atoms with van der Waals surface area (Å²) in [5.41, 5.74) is 6.48. The zero-order chi connectivity index (χ0) is 19.5. The van der Waals surface area contributed by atoms with Crippen molar-refractivity contribution in [1.82, 2.24) is 5.32 Å². The molecule has 0 heterocycles. The molecule has 6 rings (SSSR count). The van der Waals surface area contributed by atoms with E-state index in [0.29, 0.717) is 22.8 Å². The van der Waals surface area contributed by atoms with Crippen molar-refractivity contribution in [2.75, 3.05) is 0 Å². The van der Waals surface area contributed by atoms with Crippen LogP contribution in [0.2, 0.25) is 5.02 Å². The average molecular weight is 397 g/mol. The fraction of sp³-hybridized carbons (Fsp3) is 0.591. The first-order valence-corrected chi connectivity index (χ1v) is 10.6. The molecule has 5 aliphatic carbocycles. The van der Waals surface area contributed by atoms with Crippen LogP contribution in [0.1, 0.15) is 50.5 Å². The van der Waals surface area contributed by atoms with Crippen LogP contribution in [0, 0.1) is 34.6 Å². The SMILES string of the molecule is N#C/N=C(\NC1C2CC3CC1CC(C(N)=O)(C3)C2)C1(c2ccc(Cl)cc2)CC1. The number of nitrogens with one attached hydrogen (secondary N) is 1. The second-order valence-corrected chi connectivity index (χ2v) is 9.87. The number of halogens is 1. The monoisotopic (exact) mass is 396 g/mol. The maximum absolute atomic E-state index is 12.2. The van der Waals surface area contributed by atoms with E-state index in [9.17, 15) is 10.1 Å². The van der Waals surface area contributed by atoms with Crippen molar-refractivity contribution in [1.29, 1.82) is 5.26 Å². The standard InChI is InChI=1S/C22H25ClN4O/c23-17-3-1-16(2-4-17)22(5-6-22)20(26-12-24)27-18-14-7-13-8-15(18)11-21(9-13,10-14)19(25)28/h1-4,13-15,18H,5-11H2,(H2,25,28)(H,26,27). The van der Waals surface area contributed by atoms with Crippen molar-refractivity contribution in [2.24, 2.45) is 33.9 Å². The van der Waals surface area contributed by atoms with Crippen molar-refractivity contribution in [3.8, 4) is 6.19 Å². The lowest BCUT2D eigenvalue weighted by Crippen LogP contribution is -2.62. The maximum atomic E-state index is 12.2. The summed E-state index contributed by atoms with van der Waals surface area (Å²) in [4.78, 5) is 16.4. The van der Waals surface area contributed by atoms with Gasteiger partial charge in [-0.2, -0.15) is 10.3 Å². The highest BCUT2D eigenvalue weighted by Gasteiger charge is 2.59. The Kier molecular flexibility index (Phi) is 4.00. The van der Waals surface area contributed by atoms with Crippen LogP contribution in [0.4, 0.5) is 0 Å². The predicted octanol–water partition coefficient (Wildman–Crippen LogP) is 3.52. The highest BCUT2D eigenvalue weighted by Crippen LogP contribution is 2.60. The van der Waals surface area contributed by atoms with Crippen molar-refractivity contribution >= 4 is 23.3 Å². The lowest BCUT2D eigenvalue weighted by atomic mass is 9.47. The summed E-state index contributed by atoms with van der Waals surface area (Å²) in [6.07, 6.45) is 9.01. The molecule has 5 saturated carbocycles. The molecule has 0 aromatic heterocycles. The van der Waals surface area contributed by atoms with Crippen molar-refractivity contribution < 1.29 is 4.79 Å². The Bertz CT molecular complexity index is 867. The third kappa shape index (κ3) is 2.65. The van der Waals surface area contributed by atoms with E-state index in [1.165, 1.54) is 0 Å². The average Bonchev–Trinajstić information content (AvgIpc) is 3.45. The summed E-state index contributed by atoms with van der Waals surface area (Å²) in [6.45, 7) is 0. The molecule has 1 amide bonds. The number of nitrogens with zero attached hydrogens (tertiary/aromatic N) is 2. The molecule has 1 aromatic carbocycles. The fourth-order valence-electron chi connectivity index (χ4n) is 6.60. The number of hydrogen-bond acceptors (Lipinski definition) is 3. The van der Waals surface area contributed by atoms with Gasteiger partial charge in [0.25, 0.3) is 0 Å². The summed E-state index contributed by atoms with van der Waals surface area (Å²) in [7, 11) is 0. The summed E-state index contributed by atoms with van der Waals surface area (Å²) in [5.74, 6) is 2.16. The molecular formula is C22H25ClN4O. The molecule has 0 radical (unpaired) electrons. The second-order valence-electron chi connectivity index (χ2n) is 9.43. The molecule has 1 aromatic rings. The molecular weight excluding hydrogens is 372 g/mol. The Hall–Kier alpha value is -2.06. The minimum Gasteiger partial charge on any atom is -0.369 e. The van der Waals surface area contributed by atoms with E-state index in [4.69, 9.17) is 17.3 Å². The zero-order valence-electron chi connectivity index (χ0n) is 15.8. The molecule has 6 heteroatoms. The third-order valence-electron chi connectivity index (χ3n) is 7.86. The highest BCUT2D eigenvalue weighted by molar-refractivity contribution is 6.30. The fourth-order valence-corrected chi connectivity index (χ4v) is 6.73. The summed E-state index contributed by atoms with van der Waals surface area (Å²) < 4.78 is 0. The van der Waals surface area contributed by atoms with Crippen LogP contribution < -0.4 is 11.1 Å². The molecule has 5 nitrogen and oxygen atoms in total. The lowest BCUT2D eigenvalue weighted by molar-refractivity contribution is -0.145. The number of carbonyl (C=O) groups excluding carboxylic acids is 1. The smallest absolute Gasteiger partial charge is 0.223 e. The molecule has 28 heavy (non-hydrogen) atoms. The van der Waals surface area contributed by atoms with E-state index in [-0.39, 0.29) is 22.8 Å². The predicted molar refractivity (Wildman–Crippen MR) is 108 cm³/mol. The Labute approximate surface area is 170 Å². The number of aliphatic imine (C=N–C) groups is 1. The lowest BCUT2D eigenvalue weighted by Gasteiger charge is -2.59. The van der Waals surface area contributed by atoms with Gasteiger partial charge in [0.2, 0.25) is 12.1 Å². The van der Waals surface area contributed by atoms with Gasteiger partial charge in [0.05, 0.1) is 5.41 Å². The summed E-state index contributed by atoms with van der Waals surface area (Å²) in [5, 5.41) is 13.8. The molecule has 0 saturated heterocycles. The summed E-state index contributed by atoms with van der Waals surface area (Å²) >= 11 is 6.06. The third-order valence-corrected chi connectivity index (χ3v) is 8.11. The number of nitrogens with two attached hydrogens (primary N) is 1. The van der Waals surface area contributed by atoms with E-state index >= 15 is 0 Å². The zero-order valence-corrected chi connectivity index (χ0v) is 16.6. The molecule has 5 fully saturated rings. The van der Waals surface area contributed by atoms with Crippen molar-refractivity contribution in [3.63, 3.8) is 0 Å². The van der Waals surface area contributed by atoms with Gasteiger partial charge in [-0.25, -0.2) is 0 Å². The number of amidine groups is 1. The van der Waals surface area contributed by atoms with Crippen LogP contribution in [0.25, 0.3) is 0 Å². The Balaban J connectivity index is 1.42. The first-order valence-electron chi connectivity index (χ1n) is 10.3. The van der Waals surface area contributed by atoms with Crippen LogP contribution in [-0.4, -0.2) is 17.8 Å². The highest BCUT2D eigenvalue weighted by atomic mass is 35.5. The Morgan fingerprint density at radius 2 is 1.82 bits per heavy atom. The Morgan fingerprint density at radius 3 is 2.36 bits per heavy atom. The number of primary amides is 1. The molecule has 5 aliphatic rings. The molecule has 2 unspecified atom stereocenters. The van der Waals surface area contributed by atoms with Gasteiger partial charge in [0, 0.05) is 16.5 Å². The number of benzene rings is 1. The van der Waals surface area contributed by atoms with E-state index in [1.54, 1.807) is 0 Å². The van der Waals surface area contributed by atoms with E-state index in [2.05, 4.69) is 10.3 Å². The van der Waals surface area contributed by atoms with Gasteiger partial charge in [-0.3, -0.25) is 4.79 Å². The number of rotatable bonds is 4. The van der Waals surface area contributed by atoms with Gasteiger partial charge in [0.15, 0.2) is 0 Å². The molecule has 146 valence electrons. The maximum Gasteiger partial charge on any atom is 0.223 e. The number of carbonyl (C=O) groups is 1. The minimum atomic E-state index is -0.297. The van der Waals surface area contributed by atoms with Gasteiger partial charge in [-0.05, 0) is 80.4 Å². The molecule has 2 atom stereocenters. The first kappa shape index (κ1) is 18.0. The van der Waals surface area contributed by atoms with Crippen molar-refractivity contribution in [2.45, 2.75) is 56.4 Å². The van der Waals surface area contributed by atoms with Crippen molar-refractivity contribution in [3.05, 3.63) is 34.9 Å². The normalized spacial score (nSPS) is 37.4. The molecule has 3 N–H and O–H groups in total. The van der Waals surface area contributed by atoms with Gasteiger partial charge in [-0.15, -0.1) is 0 Å². The number of nitriles is 1. The molecule has 4 bridgehead atoms. The molecule has 0 spiro atoms. The Morgan fingerprint density at radius 1 is 1.18 bits per heavy atom. The van der Waals surface area contributed by atoms with E-state index in [0.717, 1.165) is 56.3 Å². The molecule has 0 aliphatic heterocycles.